The summed E-state index contributed by atoms with van der Waals surface area (Å²) in [6.45, 7) is 3.96. The summed E-state index contributed by atoms with van der Waals surface area (Å²) in [4.78, 5) is 16.7. The van der Waals surface area contributed by atoms with Gasteiger partial charge in [-0.15, -0.1) is 11.3 Å². The highest BCUT2D eigenvalue weighted by Crippen LogP contribution is 2.29. The van der Waals surface area contributed by atoms with Crippen LogP contribution in [0.2, 0.25) is 0 Å². The normalized spacial score (nSPS) is 19.9. The molecule has 0 spiro atoms. The zero-order valence-corrected chi connectivity index (χ0v) is 12.9. The average Bonchev–Trinajstić information content (AvgIpc) is 2.83. The number of nitrogens with zero attached hydrogens (tertiary/aromatic N) is 1. The third-order valence-corrected chi connectivity index (χ3v) is 5.45. The molecule has 1 aromatic rings. The Kier molecular flexibility index (Phi) is 4.86. The highest BCUT2D eigenvalue weighted by Gasteiger charge is 2.38. The Balaban J connectivity index is 2.03. The van der Waals surface area contributed by atoms with E-state index in [4.69, 9.17) is 0 Å². The van der Waals surface area contributed by atoms with Gasteiger partial charge in [-0.05, 0) is 37.7 Å². The van der Waals surface area contributed by atoms with Crippen molar-refractivity contribution in [2.45, 2.75) is 44.8 Å². The number of thiazole rings is 1. The van der Waals surface area contributed by atoms with Crippen LogP contribution in [0.15, 0.2) is 5.38 Å². The van der Waals surface area contributed by atoms with Crippen LogP contribution >= 0.6 is 23.1 Å². The van der Waals surface area contributed by atoms with Gasteiger partial charge in [-0.1, -0.05) is 6.92 Å². The van der Waals surface area contributed by atoms with Gasteiger partial charge in [0.2, 0.25) is 0 Å². The molecule has 0 saturated carbocycles. The van der Waals surface area contributed by atoms with Crippen molar-refractivity contribution in [3.05, 3.63) is 16.1 Å². The lowest BCUT2D eigenvalue weighted by Crippen LogP contribution is -2.50. The molecule has 4 nitrogen and oxygen atoms in total. The Bertz CT molecular complexity index is 442. The molecule has 1 aliphatic rings. The minimum Gasteiger partial charge on any atom is -0.380 e. The van der Waals surface area contributed by atoms with Gasteiger partial charge in [0.25, 0.3) is 5.91 Å². The number of carbonyl (C=O) groups excluding carboxylic acids is 1. The van der Waals surface area contributed by atoms with E-state index in [1.165, 1.54) is 0 Å². The number of amides is 1. The van der Waals surface area contributed by atoms with E-state index in [0.717, 1.165) is 28.6 Å². The van der Waals surface area contributed by atoms with Crippen molar-refractivity contribution in [3.8, 4) is 0 Å². The van der Waals surface area contributed by atoms with Crippen LogP contribution in [-0.4, -0.2) is 33.1 Å². The maximum atomic E-state index is 12.3. The summed E-state index contributed by atoms with van der Waals surface area (Å²) in [5.41, 5.74) is -0.217. The van der Waals surface area contributed by atoms with E-state index in [0.29, 0.717) is 12.8 Å². The number of nitrogens with one attached hydrogen (secondary N) is 1. The van der Waals surface area contributed by atoms with Crippen molar-refractivity contribution >= 4 is 29.0 Å². The van der Waals surface area contributed by atoms with Crippen molar-refractivity contribution < 1.29 is 9.90 Å². The summed E-state index contributed by atoms with van der Waals surface area (Å²) in [5.74, 6) is 1.45. The maximum absolute atomic E-state index is 12.3. The summed E-state index contributed by atoms with van der Waals surface area (Å²) in [6.07, 6.45) is 1.86. The van der Waals surface area contributed by atoms with E-state index in [2.05, 4.69) is 10.3 Å². The first-order chi connectivity index (χ1) is 9.05. The third-order valence-electron chi connectivity index (χ3n) is 3.39. The van der Waals surface area contributed by atoms with Crippen LogP contribution in [0.5, 0.6) is 0 Å². The molecule has 106 valence electrons. The van der Waals surface area contributed by atoms with Crippen molar-refractivity contribution in [1.29, 1.82) is 0 Å². The standard InChI is InChI=1S/C13H20N2O2S2/c1-3-10(11-14-9(2)8-19-11)15-12(16)13(17)4-6-18-7-5-13/h8,10,17H,3-7H2,1-2H3,(H,15,16). The fourth-order valence-electron chi connectivity index (χ4n) is 2.10. The highest BCUT2D eigenvalue weighted by molar-refractivity contribution is 7.99. The summed E-state index contributed by atoms with van der Waals surface area (Å²) in [6, 6.07) is -0.0928. The van der Waals surface area contributed by atoms with E-state index >= 15 is 0 Å². The summed E-state index contributed by atoms with van der Waals surface area (Å²) < 4.78 is 0. The number of aromatic nitrogens is 1. The van der Waals surface area contributed by atoms with Crippen LogP contribution < -0.4 is 5.32 Å². The number of rotatable bonds is 4. The first kappa shape index (κ1) is 14.8. The molecule has 1 fully saturated rings. The molecule has 1 atom stereocenters. The van der Waals surface area contributed by atoms with E-state index in [9.17, 15) is 9.90 Å². The van der Waals surface area contributed by atoms with Crippen LogP contribution in [0, 0.1) is 6.92 Å². The molecule has 0 aromatic carbocycles. The highest BCUT2D eigenvalue weighted by atomic mass is 32.2. The van der Waals surface area contributed by atoms with Crippen LogP contribution in [-0.2, 0) is 4.79 Å². The van der Waals surface area contributed by atoms with Gasteiger partial charge in [0.15, 0.2) is 0 Å². The molecule has 2 heterocycles. The van der Waals surface area contributed by atoms with Gasteiger partial charge >= 0.3 is 0 Å². The smallest absolute Gasteiger partial charge is 0.252 e. The first-order valence-electron chi connectivity index (χ1n) is 6.58. The van der Waals surface area contributed by atoms with E-state index in [1.807, 2.05) is 19.2 Å². The molecular weight excluding hydrogens is 280 g/mol. The second-order valence-electron chi connectivity index (χ2n) is 4.91. The van der Waals surface area contributed by atoms with Crippen molar-refractivity contribution in [2.75, 3.05) is 11.5 Å². The zero-order chi connectivity index (χ0) is 13.9. The van der Waals surface area contributed by atoms with Crippen molar-refractivity contribution in [2.24, 2.45) is 0 Å². The first-order valence-corrected chi connectivity index (χ1v) is 8.61. The Morgan fingerprint density at radius 3 is 2.79 bits per heavy atom. The van der Waals surface area contributed by atoms with E-state index in [1.54, 1.807) is 23.1 Å². The van der Waals surface area contributed by atoms with Crippen molar-refractivity contribution in [1.82, 2.24) is 10.3 Å². The fraction of sp³-hybridized carbons (Fsp3) is 0.692. The quantitative estimate of drug-likeness (QED) is 0.895. The second kappa shape index (κ2) is 6.24. The molecule has 0 aliphatic carbocycles. The molecule has 0 bridgehead atoms. The van der Waals surface area contributed by atoms with Crippen molar-refractivity contribution in [3.63, 3.8) is 0 Å². The number of aliphatic hydroxyl groups is 1. The average molecular weight is 300 g/mol. The molecule has 2 rings (SSSR count). The summed E-state index contributed by atoms with van der Waals surface area (Å²) in [7, 11) is 0. The molecular formula is C13H20N2O2S2. The zero-order valence-electron chi connectivity index (χ0n) is 11.3. The molecule has 6 heteroatoms. The summed E-state index contributed by atoms with van der Waals surface area (Å²) >= 11 is 3.35. The lowest BCUT2D eigenvalue weighted by molar-refractivity contribution is -0.141. The van der Waals surface area contributed by atoms with Gasteiger partial charge in [0.05, 0.1) is 6.04 Å². The number of hydrogen-bond donors (Lipinski definition) is 2. The SMILES string of the molecule is CCC(NC(=O)C1(O)CCSCC1)c1nc(C)cs1. The number of hydrogen-bond acceptors (Lipinski definition) is 5. The number of aryl methyl sites for hydroxylation is 1. The van der Waals surface area contributed by atoms with Gasteiger partial charge in [-0.2, -0.15) is 11.8 Å². The lowest BCUT2D eigenvalue weighted by Gasteiger charge is -2.31. The molecule has 2 N–H and O–H groups in total. The number of thioether (sulfide) groups is 1. The topological polar surface area (TPSA) is 62.2 Å². The monoisotopic (exact) mass is 300 g/mol. The Labute approximate surface area is 122 Å². The lowest BCUT2D eigenvalue weighted by atomic mass is 9.95. The van der Waals surface area contributed by atoms with Gasteiger partial charge in [0.1, 0.15) is 10.6 Å². The predicted molar refractivity (Wildman–Crippen MR) is 79.5 cm³/mol. The van der Waals surface area contributed by atoms with Gasteiger partial charge in [-0.3, -0.25) is 4.79 Å². The third kappa shape index (κ3) is 3.49. The van der Waals surface area contributed by atoms with Gasteiger partial charge in [-0.25, -0.2) is 4.98 Å². The van der Waals surface area contributed by atoms with Crippen LogP contribution in [0.4, 0.5) is 0 Å². The molecule has 19 heavy (non-hydrogen) atoms. The molecule has 1 aromatic heterocycles. The van der Waals surface area contributed by atoms with E-state index in [-0.39, 0.29) is 11.9 Å². The van der Waals surface area contributed by atoms with Crippen LogP contribution in [0.1, 0.15) is 42.9 Å². The molecule has 1 amide bonds. The predicted octanol–water partition coefficient (Wildman–Crippen LogP) is 2.28. The van der Waals surface area contributed by atoms with E-state index < -0.39 is 5.60 Å². The molecule has 1 aliphatic heterocycles. The summed E-state index contributed by atoms with van der Waals surface area (Å²) in [5, 5.41) is 16.3. The minimum absolute atomic E-state index is 0.0928. The largest absolute Gasteiger partial charge is 0.380 e. The minimum atomic E-state index is -1.19. The Morgan fingerprint density at radius 2 is 2.26 bits per heavy atom. The van der Waals surface area contributed by atoms with Gasteiger partial charge in [0, 0.05) is 11.1 Å². The Morgan fingerprint density at radius 1 is 1.58 bits per heavy atom. The molecule has 1 unspecified atom stereocenters. The van der Waals surface area contributed by atoms with Crippen LogP contribution in [0.25, 0.3) is 0 Å². The van der Waals surface area contributed by atoms with Crippen LogP contribution in [0.3, 0.4) is 0 Å². The molecule has 1 saturated heterocycles. The maximum Gasteiger partial charge on any atom is 0.252 e. The molecule has 0 radical (unpaired) electrons. The second-order valence-corrected chi connectivity index (χ2v) is 7.02. The number of carbonyl (C=O) groups is 1. The Hall–Kier alpha value is -0.590. The van der Waals surface area contributed by atoms with Gasteiger partial charge < -0.3 is 10.4 Å². The fourth-order valence-corrected chi connectivity index (χ4v) is 4.20.